The van der Waals surface area contributed by atoms with E-state index in [1.54, 1.807) is 50.3 Å². The lowest BCUT2D eigenvalue weighted by Crippen LogP contribution is -2.36. The van der Waals surface area contributed by atoms with E-state index in [1.165, 1.54) is 5.56 Å². The van der Waals surface area contributed by atoms with E-state index in [4.69, 9.17) is 46.9 Å². The average molecular weight is 747 g/mol. The summed E-state index contributed by atoms with van der Waals surface area (Å²) >= 11 is 12.6. The van der Waals surface area contributed by atoms with Gasteiger partial charge in [-0.15, -0.1) is 0 Å². The molecule has 4 rings (SSSR count). The van der Waals surface area contributed by atoms with E-state index in [0.29, 0.717) is 74.6 Å². The van der Waals surface area contributed by atoms with E-state index < -0.39 is 5.60 Å². The molecule has 3 aromatic rings. The van der Waals surface area contributed by atoms with E-state index >= 15 is 0 Å². The third-order valence-corrected chi connectivity index (χ3v) is 9.69. The Hall–Kier alpha value is -3.12. The Morgan fingerprint density at radius 3 is 2.33 bits per heavy atom. The van der Waals surface area contributed by atoms with Crippen LogP contribution in [0.25, 0.3) is 0 Å². The van der Waals surface area contributed by atoms with Gasteiger partial charge in [0.1, 0.15) is 19.0 Å². The molecule has 10 nitrogen and oxygen atoms in total. The number of pyridine rings is 1. The lowest BCUT2D eigenvalue weighted by molar-refractivity contribution is -0.132. The number of nitrogens with one attached hydrogen (secondary N) is 1. The van der Waals surface area contributed by atoms with Gasteiger partial charge >= 0.3 is 0 Å². The summed E-state index contributed by atoms with van der Waals surface area (Å²) in [6.45, 7) is 7.81. The summed E-state index contributed by atoms with van der Waals surface area (Å²) < 4.78 is 29.6. The molecule has 51 heavy (non-hydrogen) atoms. The third-order valence-electron chi connectivity index (χ3n) is 9.13. The fourth-order valence-corrected chi connectivity index (χ4v) is 6.67. The maximum atomic E-state index is 13.5. The first-order valence-corrected chi connectivity index (χ1v) is 18.4. The quantitative estimate of drug-likeness (QED) is 0.109. The highest BCUT2D eigenvalue weighted by molar-refractivity contribution is 6.37. The number of halogens is 2. The summed E-state index contributed by atoms with van der Waals surface area (Å²) in [6.07, 6.45) is 6.59. The molecule has 0 bridgehead atoms. The Labute approximate surface area is 312 Å². The second kappa shape index (κ2) is 20.2. The predicted molar refractivity (Wildman–Crippen MR) is 201 cm³/mol. The summed E-state index contributed by atoms with van der Waals surface area (Å²) in [5.74, 6) is 1.33. The van der Waals surface area contributed by atoms with Gasteiger partial charge in [0.25, 0.3) is 5.56 Å². The number of aromatic nitrogens is 1. The molecule has 280 valence electrons. The van der Waals surface area contributed by atoms with Gasteiger partial charge in [0.05, 0.1) is 28.8 Å². The van der Waals surface area contributed by atoms with Crippen molar-refractivity contribution in [2.45, 2.75) is 77.1 Å². The lowest BCUT2D eigenvalue weighted by atomic mass is 9.93. The van der Waals surface area contributed by atoms with E-state index in [0.717, 1.165) is 48.1 Å². The van der Waals surface area contributed by atoms with Crippen LogP contribution in [-0.4, -0.2) is 82.3 Å². The predicted octanol–water partition coefficient (Wildman–Crippen LogP) is 6.57. The largest absolute Gasteiger partial charge is 0.491 e. The molecular formula is C39H53Cl2N3O7. The molecule has 0 unspecified atom stereocenters. The summed E-state index contributed by atoms with van der Waals surface area (Å²) in [4.78, 5) is 28.5. The van der Waals surface area contributed by atoms with Crippen molar-refractivity contribution in [3.05, 3.63) is 91.3 Å². The second-order valence-electron chi connectivity index (χ2n) is 13.2. The molecule has 0 aliphatic heterocycles. The number of rotatable bonds is 23. The van der Waals surface area contributed by atoms with Crippen LogP contribution >= 0.6 is 23.2 Å². The molecule has 0 spiro atoms. The highest BCUT2D eigenvalue weighted by atomic mass is 35.5. The molecule has 12 heteroatoms. The minimum absolute atomic E-state index is 0.130. The Bertz CT molecular complexity index is 1580. The first-order chi connectivity index (χ1) is 24.6. The lowest BCUT2D eigenvalue weighted by Gasteiger charge is -2.29. The van der Waals surface area contributed by atoms with Crippen molar-refractivity contribution < 1.29 is 28.5 Å². The van der Waals surface area contributed by atoms with Gasteiger partial charge in [-0.3, -0.25) is 9.59 Å². The average Bonchev–Trinajstić information content (AvgIpc) is 3.94. The van der Waals surface area contributed by atoms with Crippen molar-refractivity contribution in [2.24, 2.45) is 0 Å². The van der Waals surface area contributed by atoms with E-state index in [2.05, 4.69) is 17.4 Å². The molecular weight excluding hydrogens is 693 g/mol. The molecule has 1 heterocycles. The number of methoxy groups -OCH3 is 3. The molecule has 1 fully saturated rings. The van der Waals surface area contributed by atoms with Gasteiger partial charge in [0.15, 0.2) is 5.75 Å². The van der Waals surface area contributed by atoms with Crippen LogP contribution < -0.4 is 20.3 Å². The Kier molecular flexibility index (Phi) is 16.1. The maximum absolute atomic E-state index is 13.5. The molecule has 1 aliphatic rings. The number of ether oxygens (including phenoxy) is 5. The van der Waals surface area contributed by atoms with Crippen molar-refractivity contribution in [1.29, 1.82) is 0 Å². The van der Waals surface area contributed by atoms with Crippen LogP contribution in [0.3, 0.4) is 0 Å². The first kappa shape index (κ1) is 40.6. The Morgan fingerprint density at radius 1 is 0.941 bits per heavy atom. The van der Waals surface area contributed by atoms with Crippen LogP contribution in [0.15, 0.2) is 53.5 Å². The monoisotopic (exact) mass is 745 g/mol. The van der Waals surface area contributed by atoms with Crippen LogP contribution in [0.4, 0.5) is 0 Å². The second-order valence-corrected chi connectivity index (χ2v) is 14.0. The highest BCUT2D eigenvalue weighted by Gasteiger charge is 2.32. The fourth-order valence-electron chi connectivity index (χ4n) is 5.96. The first-order valence-electron chi connectivity index (χ1n) is 17.6. The normalized spacial score (nSPS) is 13.9. The van der Waals surface area contributed by atoms with E-state index in [9.17, 15) is 9.59 Å². The fraction of sp³-hybridized carbons (Fsp3) is 0.538. The zero-order valence-corrected chi connectivity index (χ0v) is 32.1. The van der Waals surface area contributed by atoms with Crippen molar-refractivity contribution in [2.75, 3.05) is 60.8 Å². The zero-order valence-electron chi connectivity index (χ0n) is 30.6. The van der Waals surface area contributed by atoms with Gasteiger partial charge in [-0.25, -0.2) is 0 Å². The number of nitrogens with zero attached hydrogens (tertiary/aromatic N) is 2. The van der Waals surface area contributed by atoms with Crippen molar-refractivity contribution in [1.82, 2.24) is 14.8 Å². The van der Waals surface area contributed by atoms with Crippen LogP contribution in [0.5, 0.6) is 11.5 Å². The summed E-state index contributed by atoms with van der Waals surface area (Å²) in [6, 6.07) is 13.6. The summed E-state index contributed by atoms with van der Waals surface area (Å²) in [7, 11) is 5.01. The molecule has 1 aromatic heterocycles. The van der Waals surface area contributed by atoms with Gasteiger partial charge in [0, 0.05) is 65.8 Å². The number of carbonyl (C=O) groups excluding carboxylic acids is 1. The SMILES string of the molecule is COCCCc1cc(CN(C(=O)CCNCC[C@](C)(OC)c2ccn(CCOc3c(Cl)cc(C)cc3Cl)c(=O)c2)C2CC2)cc(OCCOC)c1. The smallest absolute Gasteiger partial charge is 0.251 e. The molecule has 2 aromatic carbocycles. The van der Waals surface area contributed by atoms with Gasteiger partial charge in [-0.1, -0.05) is 29.3 Å². The zero-order chi connectivity index (χ0) is 36.8. The maximum Gasteiger partial charge on any atom is 0.251 e. The molecule has 1 atom stereocenters. The number of benzene rings is 2. The minimum atomic E-state index is -0.688. The van der Waals surface area contributed by atoms with Gasteiger partial charge < -0.3 is 38.5 Å². The van der Waals surface area contributed by atoms with Gasteiger partial charge in [-0.05, 0) is 105 Å². The van der Waals surface area contributed by atoms with Gasteiger partial charge in [-0.2, -0.15) is 0 Å². The third kappa shape index (κ3) is 12.5. The summed E-state index contributed by atoms with van der Waals surface area (Å²) in [5, 5.41) is 4.29. The van der Waals surface area contributed by atoms with Crippen molar-refractivity contribution >= 4 is 29.1 Å². The Morgan fingerprint density at radius 2 is 1.67 bits per heavy atom. The van der Waals surface area contributed by atoms with E-state index in [-0.39, 0.29) is 24.1 Å². The number of amides is 1. The van der Waals surface area contributed by atoms with E-state index in [1.807, 2.05) is 30.9 Å². The molecule has 0 radical (unpaired) electrons. The molecule has 1 saturated carbocycles. The molecule has 1 aliphatic carbocycles. The number of aryl methyl sites for hydroxylation is 2. The number of carbonyl (C=O) groups is 1. The van der Waals surface area contributed by atoms with Crippen LogP contribution in [0.1, 0.15) is 61.3 Å². The molecule has 1 amide bonds. The number of hydrogen-bond donors (Lipinski definition) is 1. The molecule has 0 saturated heterocycles. The van der Waals surface area contributed by atoms with Crippen LogP contribution in [0, 0.1) is 6.92 Å². The number of hydrogen-bond acceptors (Lipinski definition) is 8. The standard InChI is InChI=1S/C39H53Cl2N3O7/c1-28-21-34(40)38(35(41)22-28)51-18-16-43-15-11-31(26-37(43)46)39(2,49-5)12-14-42-13-10-36(45)44(32-8-9-32)27-30-23-29(7-6-17-47-3)24-33(25-30)50-20-19-48-4/h11,15,21-26,32,42H,6-10,12-14,16-20,27H2,1-5H3/t39-/m0/s1. The topological polar surface area (TPSA) is 100 Å². The van der Waals surface area contributed by atoms with Crippen molar-refractivity contribution in [3.63, 3.8) is 0 Å². The minimum Gasteiger partial charge on any atom is -0.491 e. The Balaban J connectivity index is 1.27. The highest BCUT2D eigenvalue weighted by Crippen LogP contribution is 2.34. The molecule has 1 N–H and O–H groups in total. The van der Waals surface area contributed by atoms with Crippen molar-refractivity contribution in [3.8, 4) is 11.5 Å². The van der Waals surface area contributed by atoms with Crippen LogP contribution in [0.2, 0.25) is 10.0 Å². The summed E-state index contributed by atoms with van der Waals surface area (Å²) in [5.41, 5.74) is 3.11. The van der Waals surface area contributed by atoms with Crippen LogP contribution in [-0.2, 0) is 44.1 Å². The van der Waals surface area contributed by atoms with Gasteiger partial charge in [0.2, 0.25) is 5.91 Å².